The predicted molar refractivity (Wildman–Crippen MR) is 51.5 cm³/mol. The van der Waals surface area contributed by atoms with Gasteiger partial charge in [0.2, 0.25) is 11.8 Å². The Morgan fingerprint density at radius 1 is 1.00 bits per heavy atom. The van der Waals surface area contributed by atoms with E-state index in [1.54, 1.807) is 0 Å². The van der Waals surface area contributed by atoms with Crippen LogP contribution in [-0.4, -0.2) is 11.8 Å². The van der Waals surface area contributed by atoms with Gasteiger partial charge >= 0.3 is 0 Å². The second-order valence-electron chi connectivity index (χ2n) is 3.78. The summed E-state index contributed by atoms with van der Waals surface area (Å²) < 4.78 is 25.9. The first-order chi connectivity index (χ1) is 7.54. The van der Waals surface area contributed by atoms with Gasteiger partial charge in [0, 0.05) is 24.8 Å². The van der Waals surface area contributed by atoms with Gasteiger partial charge in [-0.3, -0.25) is 14.9 Å². The van der Waals surface area contributed by atoms with Crippen molar-refractivity contribution in [2.75, 3.05) is 0 Å². The molecule has 1 aliphatic rings. The zero-order valence-electron chi connectivity index (χ0n) is 8.30. The van der Waals surface area contributed by atoms with Gasteiger partial charge in [-0.2, -0.15) is 0 Å². The molecule has 84 valence electrons. The molecule has 0 atom stereocenters. The molecule has 3 nitrogen and oxygen atoms in total. The summed E-state index contributed by atoms with van der Waals surface area (Å²) in [5.74, 6) is -2.66. The van der Waals surface area contributed by atoms with Crippen LogP contribution in [0.4, 0.5) is 8.78 Å². The molecule has 0 radical (unpaired) electrons. The minimum Gasteiger partial charge on any atom is -0.296 e. The summed E-state index contributed by atoms with van der Waals surface area (Å²) in [6.07, 6.45) is 0.156. The zero-order chi connectivity index (χ0) is 11.7. The molecule has 1 aromatic rings. The summed E-state index contributed by atoms with van der Waals surface area (Å²) in [4.78, 5) is 22.2. The number of amides is 2. The van der Waals surface area contributed by atoms with Crippen molar-refractivity contribution >= 4 is 11.8 Å². The molecular weight excluding hydrogens is 216 g/mol. The van der Waals surface area contributed by atoms with Gasteiger partial charge in [-0.05, 0) is 17.7 Å². The fourth-order valence-corrected chi connectivity index (χ4v) is 1.82. The van der Waals surface area contributed by atoms with Crippen molar-refractivity contribution < 1.29 is 18.4 Å². The van der Waals surface area contributed by atoms with Crippen LogP contribution in [0.15, 0.2) is 18.2 Å². The SMILES string of the molecule is O=C1CC(c2cc(F)cc(F)c2)CC(=O)N1. The molecule has 1 aliphatic heterocycles. The zero-order valence-corrected chi connectivity index (χ0v) is 8.30. The van der Waals surface area contributed by atoms with E-state index in [4.69, 9.17) is 0 Å². The summed E-state index contributed by atoms with van der Waals surface area (Å²) in [6, 6.07) is 3.06. The van der Waals surface area contributed by atoms with Crippen molar-refractivity contribution in [3.8, 4) is 0 Å². The van der Waals surface area contributed by atoms with Crippen LogP contribution in [0.25, 0.3) is 0 Å². The monoisotopic (exact) mass is 225 g/mol. The van der Waals surface area contributed by atoms with Crippen molar-refractivity contribution in [1.29, 1.82) is 0 Å². The molecule has 0 saturated carbocycles. The highest BCUT2D eigenvalue weighted by Crippen LogP contribution is 2.27. The Morgan fingerprint density at radius 3 is 2.00 bits per heavy atom. The highest BCUT2D eigenvalue weighted by atomic mass is 19.1. The van der Waals surface area contributed by atoms with Gasteiger partial charge in [0.05, 0.1) is 0 Å². The van der Waals surface area contributed by atoms with Crippen LogP contribution in [0.5, 0.6) is 0 Å². The molecule has 0 aromatic heterocycles. The number of rotatable bonds is 1. The molecule has 1 N–H and O–H groups in total. The largest absolute Gasteiger partial charge is 0.296 e. The minimum atomic E-state index is -0.701. The maximum Gasteiger partial charge on any atom is 0.227 e. The number of imide groups is 1. The number of carbonyl (C=O) groups excluding carboxylic acids is 2. The third kappa shape index (κ3) is 2.24. The van der Waals surface area contributed by atoms with Gasteiger partial charge in [-0.15, -0.1) is 0 Å². The van der Waals surface area contributed by atoms with Crippen LogP contribution in [0.3, 0.4) is 0 Å². The molecule has 2 rings (SSSR count). The minimum absolute atomic E-state index is 0.0780. The van der Waals surface area contributed by atoms with E-state index in [-0.39, 0.29) is 12.8 Å². The summed E-state index contributed by atoms with van der Waals surface area (Å²) in [5.41, 5.74) is 0.348. The molecule has 16 heavy (non-hydrogen) atoms. The van der Waals surface area contributed by atoms with Gasteiger partial charge in [0.25, 0.3) is 0 Å². The Balaban J connectivity index is 2.29. The number of halogens is 2. The molecular formula is C11H9F2NO2. The lowest BCUT2D eigenvalue weighted by Gasteiger charge is -2.21. The first kappa shape index (κ1) is 10.7. The molecule has 0 bridgehead atoms. The number of carbonyl (C=O) groups is 2. The Morgan fingerprint density at radius 2 is 1.50 bits per heavy atom. The van der Waals surface area contributed by atoms with E-state index in [0.29, 0.717) is 5.56 Å². The van der Waals surface area contributed by atoms with Crippen LogP contribution in [-0.2, 0) is 9.59 Å². The second kappa shape index (κ2) is 4.00. The lowest BCUT2D eigenvalue weighted by molar-refractivity contribution is -0.133. The van der Waals surface area contributed by atoms with E-state index in [2.05, 4.69) is 5.32 Å². The quantitative estimate of drug-likeness (QED) is 0.736. The summed E-state index contributed by atoms with van der Waals surface area (Å²) in [5, 5.41) is 2.14. The Labute approximate surface area is 90.5 Å². The standard InChI is InChI=1S/C11H9F2NO2/c12-8-1-6(2-9(13)5-8)7-3-10(15)14-11(16)4-7/h1-2,5,7H,3-4H2,(H,14,15,16). The molecule has 1 aromatic carbocycles. The van der Waals surface area contributed by atoms with Gasteiger partial charge < -0.3 is 0 Å². The van der Waals surface area contributed by atoms with Crippen molar-refractivity contribution in [1.82, 2.24) is 5.32 Å². The van der Waals surface area contributed by atoms with Crippen molar-refractivity contribution in [3.05, 3.63) is 35.4 Å². The normalized spacial score (nSPS) is 17.4. The Hall–Kier alpha value is -1.78. The molecule has 0 aliphatic carbocycles. The first-order valence-electron chi connectivity index (χ1n) is 4.83. The van der Waals surface area contributed by atoms with E-state index in [1.807, 2.05) is 0 Å². The third-order valence-electron chi connectivity index (χ3n) is 2.50. The smallest absolute Gasteiger partial charge is 0.227 e. The third-order valence-corrected chi connectivity index (χ3v) is 2.50. The average Bonchev–Trinajstić information content (AvgIpc) is 2.14. The predicted octanol–water partition coefficient (Wildman–Crippen LogP) is 1.49. The molecule has 0 spiro atoms. The van der Waals surface area contributed by atoms with E-state index in [1.165, 1.54) is 0 Å². The van der Waals surface area contributed by atoms with Gasteiger partial charge in [0.15, 0.2) is 0 Å². The first-order valence-corrected chi connectivity index (χ1v) is 4.83. The molecule has 1 heterocycles. The van der Waals surface area contributed by atoms with Crippen LogP contribution >= 0.6 is 0 Å². The molecule has 0 unspecified atom stereocenters. The lowest BCUT2D eigenvalue weighted by Crippen LogP contribution is -2.37. The van der Waals surface area contributed by atoms with E-state index in [0.717, 1.165) is 18.2 Å². The van der Waals surface area contributed by atoms with Crippen molar-refractivity contribution in [2.45, 2.75) is 18.8 Å². The van der Waals surface area contributed by atoms with E-state index >= 15 is 0 Å². The van der Waals surface area contributed by atoms with E-state index in [9.17, 15) is 18.4 Å². The highest BCUT2D eigenvalue weighted by Gasteiger charge is 2.26. The number of piperidine rings is 1. The van der Waals surface area contributed by atoms with Crippen molar-refractivity contribution in [2.24, 2.45) is 0 Å². The van der Waals surface area contributed by atoms with Crippen LogP contribution in [0.2, 0.25) is 0 Å². The Bertz CT molecular complexity index is 423. The number of hydrogen-bond acceptors (Lipinski definition) is 2. The van der Waals surface area contributed by atoms with Gasteiger partial charge in [0.1, 0.15) is 11.6 Å². The van der Waals surface area contributed by atoms with Crippen LogP contribution < -0.4 is 5.32 Å². The second-order valence-corrected chi connectivity index (χ2v) is 3.78. The Kier molecular flexibility index (Phi) is 2.68. The van der Waals surface area contributed by atoms with Gasteiger partial charge in [-0.1, -0.05) is 0 Å². The topological polar surface area (TPSA) is 46.2 Å². The summed E-state index contributed by atoms with van der Waals surface area (Å²) in [7, 11) is 0. The van der Waals surface area contributed by atoms with Crippen molar-refractivity contribution in [3.63, 3.8) is 0 Å². The van der Waals surface area contributed by atoms with Crippen LogP contribution in [0, 0.1) is 11.6 Å². The van der Waals surface area contributed by atoms with Gasteiger partial charge in [-0.25, -0.2) is 8.78 Å². The number of benzene rings is 1. The highest BCUT2D eigenvalue weighted by molar-refractivity contribution is 5.98. The summed E-state index contributed by atoms with van der Waals surface area (Å²) in [6.45, 7) is 0. The molecule has 1 fully saturated rings. The van der Waals surface area contributed by atoms with Crippen LogP contribution in [0.1, 0.15) is 24.3 Å². The maximum atomic E-state index is 13.0. The average molecular weight is 225 g/mol. The lowest BCUT2D eigenvalue weighted by atomic mass is 9.89. The fourth-order valence-electron chi connectivity index (χ4n) is 1.82. The fraction of sp³-hybridized carbons (Fsp3) is 0.273. The summed E-state index contributed by atoms with van der Waals surface area (Å²) >= 11 is 0. The molecule has 1 saturated heterocycles. The number of nitrogens with one attached hydrogen (secondary N) is 1. The van der Waals surface area contributed by atoms with E-state index < -0.39 is 29.4 Å². The number of hydrogen-bond donors (Lipinski definition) is 1. The maximum absolute atomic E-state index is 13.0. The molecule has 2 amide bonds. The molecule has 5 heteroatoms.